The molecule has 0 aliphatic carbocycles. The van der Waals surface area contributed by atoms with Gasteiger partial charge in [-0.15, -0.1) is 0 Å². The van der Waals surface area contributed by atoms with Crippen LogP contribution in [-0.2, 0) is 26.2 Å². The van der Waals surface area contributed by atoms with Crippen molar-refractivity contribution in [1.82, 2.24) is 10.2 Å². The van der Waals surface area contributed by atoms with Crippen LogP contribution in [0, 0.1) is 6.92 Å². The Morgan fingerprint density at radius 1 is 0.902 bits per heavy atom. The predicted octanol–water partition coefficient (Wildman–Crippen LogP) is 6.87. The van der Waals surface area contributed by atoms with Crippen molar-refractivity contribution in [3.8, 4) is 0 Å². The zero-order chi connectivity index (χ0) is 30.3. The van der Waals surface area contributed by atoms with Crippen molar-refractivity contribution in [3.63, 3.8) is 0 Å². The fraction of sp³-hybridized carbons (Fsp3) is 0.333. The van der Waals surface area contributed by atoms with Crippen molar-refractivity contribution in [2.24, 2.45) is 0 Å². The number of sulfonamides is 1. The van der Waals surface area contributed by atoms with Crippen LogP contribution in [0.2, 0.25) is 15.1 Å². The summed E-state index contributed by atoms with van der Waals surface area (Å²) in [4.78, 5) is 28.9. The highest BCUT2D eigenvalue weighted by Crippen LogP contribution is 2.31. The van der Waals surface area contributed by atoms with Crippen molar-refractivity contribution in [2.75, 3.05) is 10.8 Å². The Balaban J connectivity index is 2.09. The Bertz CT molecular complexity index is 1480. The smallest absolute Gasteiger partial charge is 0.264 e. The third kappa shape index (κ3) is 8.16. The van der Waals surface area contributed by atoms with E-state index in [0.29, 0.717) is 22.0 Å². The van der Waals surface area contributed by atoms with E-state index in [4.69, 9.17) is 34.8 Å². The van der Waals surface area contributed by atoms with Crippen LogP contribution >= 0.6 is 34.8 Å². The van der Waals surface area contributed by atoms with E-state index in [1.54, 1.807) is 55.5 Å². The summed E-state index contributed by atoms with van der Waals surface area (Å²) in [5.74, 6) is -0.941. The summed E-state index contributed by atoms with van der Waals surface area (Å²) in [6.45, 7) is 6.82. The van der Waals surface area contributed by atoms with Gasteiger partial charge >= 0.3 is 0 Å². The van der Waals surface area contributed by atoms with E-state index in [2.05, 4.69) is 5.32 Å². The van der Waals surface area contributed by atoms with E-state index in [-0.39, 0.29) is 40.5 Å². The molecule has 0 saturated carbocycles. The first-order chi connectivity index (χ1) is 19.4. The van der Waals surface area contributed by atoms with Gasteiger partial charge in [0.05, 0.1) is 15.6 Å². The number of benzene rings is 3. The Kier molecular flexibility index (Phi) is 11.5. The number of halogens is 3. The molecule has 0 fully saturated rings. The number of anilines is 1. The Hall–Kier alpha value is -2.78. The molecule has 3 aromatic carbocycles. The van der Waals surface area contributed by atoms with Crippen molar-refractivity contribution >= 4 is 62.3 Å². The molecule has 3 aromatic rings. The standard InChI is InChI=1S/C30H34Cl3N3O4S/c1-5-21(4)34-30(38)27(6-2)35(18-22-13-14-23(31)17-26(22)33)29(37)19-36(28-10-8-7-9-25(28)32)41(39,40)24-15-11-20(3)12-16-24/h7-17,21,27H,5-6,18-19H2,1-4H3,(H,34,38)/t21-,27-/m0/s1. The molecule has 2 amide bonds. The zero-order valence-corrected chi connectivity index (χ0v) is 26.5. The minimum Gasteiger partial charge on any atom is -0.352 e. The molecular weight excluding hydrogens is 605 g/mol. The predicted molar refractivity (Wildman–Crippen MR) is 166 cm³/mol. The molecule has 11 heteroatoms. The second kappa shape index (κ2) is 14.4. The molecule has 1 N–H and O–H groups in total. The Morgan fingerprint density at radius 2 is 1.56 bits per heavy atom. The second-order valence-electron chi connectivity index (χ2n) is 9.78. The van der Waals surface area contributed by atoms with Gasteiger partial charge in [-0.25, -0.2) is 8.42 Å². The maximum Gasteiger partial charge on any atom is 0.264 e. The van der Waals surface area contributed by atoms with E-state index >= 15 is 0 Å². The van der Waals surface area contributed by atoms with Gasteiger partial charge in [-0.2, -0.15) is 0 Å². The topological polar surface area (TPSA) is 86.8 Å². The fourth-order valence-corrected chi connectivity index (χ4v) is 6.39. The van der Waals surface area contributed by atoms with Crippen LogP contribution in [0.4, 0.5) is 5.69 Å². The van der Waals surface area contributed by atoms with E-state index < -0.39 is 28.5 Å². The average molecular weight is 639 g/mol. The first kappa shape index (κ1) is 32.7. The lowest BCUT2D eigenvalue weighted by atomic mass is 10.1. The first-order valence-electron chi connectivity index (χ1n) is 13.3. The monoisotopic (exact) mass is 637 g/mol. The summed E-state index contributed by atoms with van der Waals surface area (Å²) >= 11 is 19.0. The van der Waals surface area contributed by atoms with Gasteiger partial charge in [0.1, 0.15) is 12.6 Å². The third-order valence-corrected chi connectivity index (χ3v) is 9.43. The Morgan fingerprint density at radius 3 is 2.15 bits per heavy atom. The third-order valence-electron chi connectivity index (χ3n) is 6.75. The molecule has 0 aliphatic heterocycles. The van der Waals surface area contributed by atoms with Gasteiger partial charge in [-0.1, -0.05) is 84.5 Å². The molecule has 0 aromatic heterocycles. The minimum atomic E-state index is -4.23. The molecule has 0 heterocycles. The van der Waals surface area contributed by atoms with Gasteiger partial charge in [0.15, 0.2) is 0 Å². The molecule has 0 saturated heterocycles. The summed E-state index contributed by atoms with van der Waals surface area (Å²) < 4.78 is 28.9. The van der Waals surface area contributed by atoms with E-state index in [0.717, 1.165) is 9.87 Å². The molecule has 0 aliphatic rings. The normalized spacial score (nSPS) is 12.9. The van der Waals surface area contributed by atoms with Crippen LogP contribution in [0.5, 0.6) is 0 Å². The number of carbonyl (C=O) groups is 2. The van der Waals surface area contributed by atoms with Gasteiger partial charge < -0.3 is 10.2 Å². The number of hydrogen-bond donors (Lipinski definition) is 1. The number of nitrogens with zero attached hydrogens (tertiary/aromatic N) is 2. The van der Waals surface area contributed by atoms with Crippen molar-refractivity contribution < 1.29 is 18.0 Å². The lowest BCUT2D eigenvalue weighted by Crippen LogP contribution is -2.53. The molecule has 2 atom stereocenters. The Labute approximate surface area is 257 Å². The summed E-state index contributed by atoms with van der Waals surface area (Å²) in [7, 11) is -4.23. The number of carbonyl (C=O) groups excluding carboxylic acids is 2. The highest BCUT2D eigenvalue weighted by molar-refractivity contribution is 7.92. The number of para-hydroxylation sites is 1. The van der Waals surface area contributed by atoms with Crippen LogP contribution < -0.4 is 9.62 Å². The van der Waals surface area contributed by atoms with Gasteiger partial charge in [0.25, 0.3) is 10.0 Å². The number of aryl methyl sites for hydroxylation is 1. The zero-order valence-electron chi connectivity index (χ0n) is 23.4. The number of nitrogens with one attached hydrogen (secondary N) is 1. The van der Waals surface area contributed by atoms with Gasteiger partial charge in [0.2, 0.25) is 11.8 Å². The molecular formula is C30H34Cl3N3O4S. The highest BCUT2D eigenvalue weighted by atomic mass is 35.5. The molecule has 3 rings (SSSR count). The van der Waals surface area contributed by atoms with Crippen LogP contribution in [0.1, 0.15) is 44.7 Å². The van der Waals surface area contributed by atoms with Crippen molar-refractivity contribution in [2.45, 2.75) is 64.1 Å². The maximum atomic E-state index is 14.1. The molecule has 0 bridgehead atoms. The quantitative estimate of drug-likeness (QED) is 0.235. The molecule has 41 heavy (non-hydrogen) atoms. The second-order valence-corrected chi connectivity index (χ2v) is 12.9. The number of hydrogen-bond acceptors (Lipinski definition) is 4. The minimum absolute atomic E-state index is 0.00432. The lowest BCUT2D eigenvalue weighted by Gasteiger charge is -2.34. The summed E-state index contributed by atoms with van der Waals surface area (Å²) in [5, 5.41) is 3.84. The van der Waals surface area contributed by atoms with Crippen LogP contribution in [0.15, 0.2) is 71.6 Å². The average Bonchev–Trinajstić information content (AvgIpc) is 2.93. The van der Waals surface area contributed by atoms with Crippen molar-refractivity contribution in [3.05, 3.63) is 92.9 Å². The summed E-state index contributed by atoms with van der Waals surface area (Å²) in [6.07, 6.45) is 0.990. The highest BCUT2D eigenvalue weighted by Gasteiger charge is 2.34. The largest absolute Gasteiger partial charge is 0.352 e. The fourth-order valence-electron chi connectivity index (χ4n) is 4.20. The van der Waals surface area contributed by atoms with Gasteiger partial charge in [0, 0.05) is 22.6 Å². The molecule has 0 spiro atoms. The molecule has 220 valence electrons. The van der Waals surface area contributed by atoms with E-state index in [1.807, 2.05) is 20.8 Å². The van der Waals surface area contributed by atoms with Crippen LogP contribution in [0.3, 0.4) is 0 Å². The van der Waals surface area contributed by atoms with Gasteiger partial charge in [-0.05, 0) is 68.7 Å². The molecule has 0 unspecified atom stereocenters. The molecule has 7 nitrogen and oxygen atoms in total. The van der Waals surface area contributed by atoms with E-state index in [1.165, 1.54) is 23.1 Å². The summed E-state index contributed by atoms with van der Waals surface area (Å²) in [6, 6.07) is 16.6. The first-order valence-corrected chi connectivity index (χ1v) is 15.8. The SMILES string of the molecule is CC[C@H](C)NC(=O)[C@H](CC)N(Cc1ccc(Cl)cc1Cl)C(=O)CN(c1ccccc1Cl)S(=O)(=O)c1ccc(C)cc1. The van der Waals surface area contributed by atoms with Crippen LogP contribution in [-0.4, -0.2) is 43.8 Å². The van der Waals surface area contributed by atoms with Crippen LogP contribution in [0.25, 0.3) is 0 Å². The maximum absolute atomic E-state index is 14.1. The van der Waals surface area contributed by atoms with Gasteiger partial charge in [-0.3, -0.25) is 13.9 Å². The number of rotatable bonds is 12. The molecule has 0 radical (unpaired) electrons. The van der Waals surface area contributed by atoms with Crippen molar-refractivity contribution in [1.29, 1.82) is 0 Å². The number of amides is 2. The summed E-state index contributed by atoms with van der Waals surface area (Å²) in [5.41, 5.74) is 1.59. The van der Waals surface area contributed by atoms with E-state index in [9.17, 15) is 18.0 Å². The lowest BCUT2D eigenvalue weighted by molar-refractivity contribution is -0.140.